The lowest BCUT2D eigenvalue weighted by Crippen LogP contribution is -2.69. The highest BCUT2D eigenvalue weighted by molar-refractivity contribution is 5.01. The van der Waals surface area contributed by atoms with E-state index in [0.717, 1.165) is 0 Å². The van der Waals surface area contributed by atoms with E-state index in [0.29, 0.717) is 0 Å². The van der Waals surface area contributed by atoms with Gasteiger partial charge >= 0.3 is 0 Å². The Balaban J connectivity index is 1.22. The first-order valence-electron chi connectivity index (χ1n) is 22.9. The fourth-order valence-corrected chi connectivity index (χ4v) is 9.41. The van der Waals surface area contributed by atoms with Crippen LogP contribution in [0.4, 0.5) is 0 Å². The molecule has 30 heteroatoms. The summed E-state index contributed by atoms with van der Waals surface area (Å²) in [6.45, 7) is -2.38. The minimum Gasteiger partial charge on any atom is -0.394 e. The lowest BCUT2D eigenvalue weighted by Gasteiger charge is -2.51. The van der Waals surface area contributed by atoms with Gasteiger partial charge in [0.15, 0.2) is 37.7 Å². The van der Waals surface area contributed by atoms with Crippen molar-refractivity contribution in [3.05, 3.63) is 0 Å². The molecule has 22 heterocycles. The summed E-state index contributed by atoms with van der Waals surface area (Å²) >= 11 is 0. The van der Waals surface area contributed by atoms with Gasteiger partial charge in [-0.05, 0) is 5.92 Å². The molecule has 0 aromatic rings. The van der Waals surface area contributed by atoms with E-state index in [1.54, 1.807) is 13.8 Å². The van der Waals surface area contributed by atoms with Crippen LogP contribution in [0, 0.1) is 5.92 Å². The first-order chi connectivity index (χ1) is 33.3. The molecule has 0 spiro atoms. The second kappa shape index (κ2) is 24.2. The lowest BCUT2D eigenvalue weighted by atomic mass is 9.94. The van der Waals surface area contributed by atoms with E-state index in [2.05, 4.69) is 0 Å². The fraction of sp³-hybridized carbons (Fsp3) is 1.00. The van der Waals surface area contributed by atoms with E-state index in [-0.39, 0.29) is 12.5 Å². The average molecular weight is 1030 g/mol. The quantitative estimate of drug-likeness (QED) is 0.102. The summed E-state index contributed by atoms with van der Waals surface area (Å²) in [5, 5.41) is 187. The summed E-state index contributed by atoms with van der Waals surface area (Å²) in [4.78, 5) is 0. The molecule has 0 radical (unpaired) electrons. The van der Waals surface area contributed by atoms with E-state index in [4.69, 9.17) is 61.6 Å². The third kappa shape index (κ3) is 11.3. The maximum absolute atomic E-state index is 11.8. The SMILES string of the molecule is CC(C)CO[C@@H]1[C@@H](O)[C@H]2O[C@H]3[C@H](O)[C@@H](O)[C@@H](O[C@H]4[C@H](O)[C@@H](O)[C@@H](O[C@H]5[C@H](O)[C@@H](O)[C@@H](O[C@H]6[C@H](O)[C@@H](O)[C@@H](O[C@H]7[C@H](O)[C@@H](O)[C@@H](O[C@H]1[C@@H](CO)O2)O[C@@H]7CO)O[C@@H]6CO)O[C@@H]5CO)O[C@@H]4CO)O[C@@H]3CO. The van der Waals surface area contributed by atoms with Crippen molar-refractivity contribution in [1.82, 2.24) is 0 Å². The molecule has 30 nitrogen and oxygen atoms in total. The average Bonchev–Trinajstić information content (AvgIpc) is 3.34. The Morgan fingerprint density at radius 2 is 0.486 bits per heavy atom. The number of aliphatic hydroxyl groups is 17. The molecule has 22 saturated heterocycles. The number of hydrogen-bond donors (Lipinski definition) is 17. The molecule has 17 N–H and O–H groups in total. The molecule has 70 heavy (non-hydrogen) atoms. The van der Waals surface area contributed by atoms with Gasteiger partial charge in [0.1, 0.15) is 146 Å². The Morgan fingerprint density at radius 3 is 0.700 bits per heavy atom. The lowest BCUT2D eigenvalue weighted by molar-refractivity contribution is -0.405. The first kappa shape index (κ1) is 56.5. The Hall–Kier alpha value is -1.20. The van der Waals surface area contributed by atoms with Crippen molar-refractivity contribution in [2.24, 2.45) is 5.92 Å². The van der Waals surface area contributed by atoms with Gasteiger partial charge < -0.3 is 148 Å². The molecule has 22 rings (SSSR count). The normalized spacial score (nSPS) is 53.0. The van der Waals surface area contributed by atoms with Crippen LogP contribution in [0.25, 0.3) is 0 Å². The predicted octanol–water partition coefficient (Wildman–Crippen LogP) is -11.4. The van der Waals surface area contributed by atoms with Crippen LogP contribution in [0.15, 0.2) is 0 Å². The van der Waals surface area contributed by atoms with Crippen molar-refractivity contribution in [2.45, 2.75) is 198 Å². The van der Waals surface area contributed by atoms with Gasteiger partial charge in [-0.15, -0.1) is 0 Å². The molecule has 0 aromatic carbocycles. The van der Waals surface area contributed by atoms with Crippen molar-refractivity contribution in [2.75, 3.05) is 46.2 Å². The zero-order valence-corrected chi connectivity index (χ0v) is 37.8. The van der Waals surface area contributed by atoms with Crippen molar-refractivity contribution in [3.63, 3.8) is 0 Å². The van der Waals surface area contributed by atoms with E-state index in [9.17, 15) is 86.8 Å². The summed E-state index contributed by atoms with van der Waals surface area (Å²) in [5.74, 6) is -0.198. The van der Waals surface area contributed by atoms with Gasteiger partial charge in [-0.25, -0.2) is 0 Å². The maximum atomic E-state index is 11.8. The van der Waals surface area contributed by atoms with Crippen molar-refractivity contribution in [3.8, 4) is 0 Å². The third-order valence-electron chi connectivity index (χ3n) is 13.3. The Labute approximate surface area is 398 Å². The number of aliphatic hydroxyl groups excluding tert-OH is 17. The molecule has 22 fully saturated rings. The van der Waals surface area contributed by atoms with Crippen molar-refractivity contribution >= 4 is 0 Å². The van der Waals surface area contributed by atoms with Crippen LogP contribution < -0.4 is 0 Å². The molecule has 0 aliphatic carbocycles. The fourth-order valence-electron chi connectivity index (χ4n) is 9.41. The number of rotatable bonds is 9. The molecular weight excluding hydrogens is 960 g/mol. The molecule has 12 bridgehead atoms. The monoisotopic (exact) mass is 1030 g/mol. The smallest absolute Gasteiger partial charge is 0.187 e. The zero-order chi connectivity index (χ0) is 51.0. The van der Waals surface area contributed by atoms with Gasteiger partial charge in [0, 0.05) is 6.61 Å². The van der Waals surface area contributed by atoms with Crippen LogP contribution in [0.3, 0.4) is 0 Å². The van der Waals surface area contributed by atoms with Gasteiger partial charge in [0.25, 0.3) is 0 Å². The molecule has 0 aromatic heterocycles. The Morgan fingerprint density at radius 1 is 0.286 bits per heavy atom. The van der Waals surface area contributed by atoms with Gasteiger partial charge in [-0.2, -0.15) is 0 Å². The summed E-state index contributed by atoms with van der Waals surface area (Å²) in [7, 11) is 0. The Bertz CT molecular complexity index is 1590. The van der Waals surface area contributed by atoms with Crippen LogP contribution in [-0.2, 0) is 61.6 Å². The minimum absolute atomic E-state index is 0.0755. The second-order valence-electron chi connectivity index (χ2n) is 18.5. The first-order valence-corrected chi connectivity index (χ1v) is 22.9. The predicted molar refractivity (Wildman–Crippen MR) is 214 cm³/mol. The highest BCUT2D eigenvalue weighted by atomic mass is 16.8. The molecule has 0 amide bonds. The molecule has 0 unspecified atom stereocenters. The number of ether oxygens (including phenoxy) is 13. The molecule has 0 saturated carbocycles. The molecule has 22 aliphatic rings. The van der Waals surface area contributed by atoms with Crippen LogP contribution in [-0.4, -0.2) is 317 Å². The van der Waals surface area contributed by atoms with Gasteiger partial charge in [-0.3, -0.25) is 0 Å². The van der Waals surface area contributed by atoms with Crippen LogP contribution >= 0.6 is 0 Å². The zero-order valence-electron chi connectivity index (χ0n) is 37.8. The van der Waals surface area contributed by atoms with Gasteiger partial charge in [-0.1, -0.05) is 13.8 Å². The molecule has 30 atom stereocenters. The molecule has 22 aliphatic heterocycles. The van der Waals surface area contributed by atoms with Crippen LogP contribution in [0.5, 0.6) is 0 Å². The number of hydrogen-bond acceptors (Lipinski definition) is 30. The highest BCUT2D eigenvalue weighted by Crippen LogP contribution is 2.38. The van der Waals surface area contributed by atoms with Crippen LogP contribution in [0.2, 0.25) is 0 Å². The largest absolute Gasteiger partial charge is 0.394 e. The second-order valence-corrected chi connectivity index (χ2v) is 18.5. The topological polar surface area (TPSA) is 464 Å². The summed E-state index contributed by atoms with van der Waals surface area (Å²) in [6, 6.07) is 0. The van der Waals surface area contributed by atoms with Crippen LogP contribution in [0.1, 0.15) is 13.8 Å². The molecular formula is C40H68O30. The standard InChI is InChI=1S/C40H68O30/c1-10(2)9-58-34-27(57)40-64-16(8-46)33(34)70-39-26(56)21(51)31(14(6-44)63-39)68-37-24(54)19(49)29(12(4-42)61-37)66-35-22(52)17(47)28(11(3-41)59-35)65-36-23(53)18(48)30(13(5-43)60-36)67-38-25(55)20(50)32(69-40)15(7-45)62-38/h10-57H,3-9H2,1-2H3/t11-,12-,13-,14-,15-,16-,17-,18-,19-,20-,21-,22-,23-,24-,25-,26-,27-,28-,29-,30-,31-,32-,33+,34-,35-,36-,37-,38-,39-,40-/m1/s1. The highest BCUT2D eigenvalue weighted by Gasteiger charge is 2.59. The van der Waals surface area contributed by atoms with Crippen molar-refractivity contribution < 1.29 is 148 Å². The van der Waals surface area contributed by atoms with E-state index in [1.165, 1.54) is 0 Å². The van der Waals surface area contributed by atoms with E-state index in [1.807, 2.05) is 0 Å². The van der Waals surface area contributed by atoms with E-state index < -0.39 is 224 Å². The summed E-state index contributed by atoms with van der Waals surface area (Å²) in [6.07, 6.45) is -56.7. The van der Waals surface area contributed by atoms with Gasteiger partial charge in [0.05, 0.1) is 39.6 Å². The summed E-state index contributed by atoms with van der Waals surface area (Å²) < 4.78 is 75.4. The van der Waals surface area contributed by atoms with Crippen molar-refractivity contribution in [1.29, 1.82) is 0 Å². The summed E-state index contributed by atoms with van der Waals surface area (Å²) in [5.41, 5.74) is 0. The van der Waals surface area contributed by atoms with Gasteiger partial charge in [0.2, 0.25) is 0 Å². The minimum atomic E-state index is -2.14. The van der Waals surface area contributed by atoms with E-state index >= 15 is 0 Å². The third-order valence-corrected chi connectivity index (χ3v) is 13.3. The molecule has 408 valence electrons. The maximum Gasteiger partial charge on any atom is 0.187 e. The Kier molecular flexibility index (Phi) is 19.5.